The summed E-state index contributed by atoms with van der Waals surface area (Å²) >= 11 is 0. The quantitative estimate of drug-likeness (QED) is 0.304. The molecule has 16 heteroatoms. The summed E-state index contributed by atoms with van der Waals surface area (Å²) in [7, 11) is -7.08. The minimum absolute atomic E-state index is 0.0582. The van der Waals surface area contributed by atoms with Crippen molar-refractivity contribution in [2.75, 3.05) is 50.8 Å². The molecule has 4 amide bonds. The average Bonchev–Trinajstić information content (AvgIpc) is 4.07. The molecule has 0 bridgehead atoms. The van der Waals surface area contributed by atoms with Gasteiger partial charge in [-0.2, -0.15) is 0 Å². The van der Waals surface area contributed by atoms with Gasteiger partial charge in [0.1, 0.15) is 0 Å². The highest BCUT2D eigenvalue weighted by atomic mass is 32.2. The number of likely N-dealkylation sites (tertiary alicyclic amines) is 2. The molecule has 52 heavy (non-hydrogen) atoms. The minimum Gasteiger partial charge on any atom is -0.300 e. The van der Waals surface area contributed by atoms with E-state index in [2.05, 4.69) is 19.2 Å². The number of piperidine rings is 2. The van der Waals surface area contributed by atoms with E-state index in [4.69, 9.17) is 0 Å². The molecule has 4 fully saturated rings. The fraction of sp³-hybridized carbons (Fsp3) is 0.556. The molecule has 6 aliphatic rings. The number of rotatable bonds is 12. The molecule has 8 rings (SSSR count). The molecule has 280 valence electrons. The molecule has 2 saturated carbocycles. The van der Waals surface area contributed by atoms with Gasteiger partial charge in [0.15, 0.2) is 0 Å². The fourth-order valence-corrected chi connectivity index (χ4v) is 10.1. The van der Waals surface area contributed by atoms with Crippen LogP contribution in [0.3, 0.4) is 0 Å². The molecule has 0 aromatic heterocycles. The van der Waals surface area contributed by atoms with Crippen LogP contribution in [0.2, 0.25) is 0 Å². The van der Waals surface area contributed by atoms with E-state index in [1.165, 1.54) is 25.7 Å². The van der Waals surface area contributed by atoms with E-state index in [9.17, 15) is 36.0 Å². The van der Waals surface area contributed by atoms with Crippen molar-refractivity contribution in [1.29, 1.82) is 0 Å². The monoisotopic (exact) mass is 754 g/mol. The van der Waals surface area contributed by atoms with E-state index in [1.54, 1.807) is 48.5 Å². The number of benzene rings is 2. The number of imide groups is 2. The lowest BCUT2D eigenvalue weighted by Crippen LogP contribution is -2.47. The zero-order chi connectivity index (χ0) is 36.6. The molecule has 2 aromatic carbocycles. The van der Waals surface area contributed by atoms with Crippen LogP contribution >= 0.6 is 0 Å². The molecule has 2 saturated heterocycles. The van der Waals surface area contributed by atoms with Gasteiger partial charge in [-0.3, -0.25) is 29.0 Å². The smallest absolute Gasteiger partial charge is 0.261 e. The largest absolute Gasteiger partial charge is 0.300 e. The predicted molar refractivity (Wildman–Crippen MR) is 193 cm³/mol. The van der Waals surface area contributed by atoms with Crippen LogP contribution in [0.4, 0.5) is 0 Å². The highest BCUT2D eigenvalue weighted by molar-refractivity contribution is 7.89. The van der Waals surface area contributed by atoms with Crippen molar-refractivity contribution >= 4 is 43.7 Å². The second kappa shape index (κ2) is 15.1. The zero-order valence-electron chi connectivity index (χ0n) is 29.1. The van der Waals surface area contributed by atoms with E-state index >= 15 is 0 Å². The Bertz CT molecular complexity index is 1720. The molecule has 0 radical (unpaired) electrons. The Kier molecular flexibility index (Phi) is 10.7. The summed E-state index contributed by atoms with van der Waals surface area (Å²) in [5.74, 6) is -2.20. The third-order valence-electron chi connectivity index (χ3n) is 10.8. The van der Waals surface area contributed by atoms with E-state index in [1.807, 2.05) is 0 Å². The van der Waals surface area contributed by atoms with Crippen molar-refractivity contribution in [3.05, 3.63) is 70.8 Å². The Morgan fingerprint density at radius 1 is 0.481 bits per heavy atom. The SMILES string of the molecule is O=C1c2ccccc2C(=O)N1CCS(=O)(=O)NC1CCN(C2CC2)CC1.O=C1c2ccccc2C(=O)N1CCS(=O)(=O)NC1CCN(C2CC2)CC1. The maximum absolute atomic E-state index is 12.4. The Balaban J connectivity index is 0.000000162. The van der Waals surface area contributed by atoms with Gasteiger partial charge < -0.3 is 9.80 Å². The van der Waals surface area contributed by atoms with E-state index < -0.39 is 43.7 Å². The molecule has 0 atom stereocenters. The van der Waals surface area contributed by atoms with Crippen LogP contribution in [0.5, 0.6) is 0 Å². The van der Waals surface area contributed by atoms with Gasteiger partial charge in [0.25, 0.3) is 23.6 Å². The summed E-state index contributed by atoms with van der Waals surface area (Å²) in [5.41, 5.74) is 1.37. The maximum atomic E-state index is 12.4. The molecule has 4 heterocycles. The molecule has 2 aliphatic carbocycles. The van der Waals surface area contributed by atoms with Gasteiger partial charge >= 0.3 is 0 Å². The molecule has 4 aliphatic heterocycles. The number of nitrogens with zero attached hydrogens (tertiary/aromatic N) is 4. The van der Waals surface area contributed by atoms with Crippen molar-refractivity contribution in [3.63, 3.8) is 0 Å². The summed E-state index contributed by atoms with van der Waals surface area (Å²) in [6, 6.07) is 14.5. The van der Waals surface area contributed by atoms with E-state index in [0.717, 1.165) is 61.7 Å². The van der Waals surface area contributed by atoms with Crippen LogP contribution in [0.15, 0.2) is 48.5 Å². The van der Waals surface area contributed by atoms with Crippen LogP contribution in [-0.4, -0.2) is 135 Å². The number of carbonyl (C=O) groups is 4. The summed E-state index contributed by atoms with van der Waals surface area (Å²) < 4.78 is 55.1. The molecule has 14 nitrogen and oxygen atoms in total. The third kappa shape index (κ3) is 8.47. The van der Waals surface area contributed by atoms with Gasteiger partial charge in [0.05, 0.1) is 33.8 Å². The predicted octanol–water partition coefficient (Wildman–Crippen LogP) is 1.66. The first kappa shape index (κ1) is 36.8. The second-order valence-electron chi connectivity index (χ2n) is 14.6. The summed E-state index contributed by atoms with van der Waals surface area (Å²) in [5, 5.41) is 0. The fourth-order valence-electron chi connectivity index (χ4n) is 7.58. The van der Waals surface area contributed by atoms with Crippen molar-refractivity contribution < 1.29 is 36.0 Å². The Morgan fingerprint density at radius 3 is 1.04 bits per heavy atom. The minimum atomic E-state index is -3.54. The molecule has 2 aromatic rings. The number of fused-ring (bicyclic) bond motifs is 2. The third-order valence-corrected chi connectivity index (χ3v) is 13.6. The van der Waals surface area contributed by atoms with Gasteiger partial charge in [0.2, 0.25) is 20.0 Å². The van der Waals surface area contributed by atoms with Crippen molar-refractivity contribution in [3.8, 4) is 0 Å². The maximum Gasteiger partial charge on any atom is 0.261 e. The number of hydrogen-bond acceptors (Lipinski definition) is 10. The molecular weight excluding hydrogens is 709 g/mol. The highest BCUT2D eigenvalue weighted by Crippen LogP contribution is 2.30. The highest BCUT2D eigenvalue weighted by Gasteiger charge is 2.38. The first-order valence-corrected chi connectivity index (χ1v) is 21.6. The average molecular weight is 755 g/mol. The normalized spacial score (nSPS) is 22.1. The van der Waals surface area contributed by atoms with Crippen LogP contribution in [0.1, 0.15) is 92.8 Å². The van der Waals surface area contributed by atoms with E-state index in [-0.39, 0.29) is 36.7 Å². The molecule has 0 unspecified atom stereocenters. The molecular formula is C36H46N6O8S2. The lowest BCUT2D eigenvalue weighted by Gasteiger charge is -2.32. The Labute approximate surface area is 305 Å². The standard InChI is InChI=1S/2C18H23N3O4S/c2*22-17-15-3-1-2-4-16(15)18(23)21(17)11-12-26(24,25)19-13-7-9-20(10-8-13)14-5-6-14/h2*1-4,13-14,19H,5-12H2. The van der Waals surface area contributed by atoms with Crippen LogP contribution in [0, 0.1) is 0 Å². The molecule has 2 N–H and O–H groups in total. The number of carbonyl (C=O) groups excluding carboxylic acids is 4. The summed E-state index contributed by atoms with van der Waals surface area (Å²) in [6.45, 7) is 3.46. The number of hydrogen-bond donors (Lipinski definition) is 2. The Morgan fingerprint density at radius 2 is 0.769 bits per heavy atom. The van der Waals surface area contributed by atoms with Crippen LogP contribution in [0.25, 0.3) is 0 Å². The van der Waals surface area contributed by atoms with E-state index in [0.29, 0.717) is 34.3 Å². The number of nitrogens with one attached hydrogen (secondary N) is 2. The first-order valence-electron chi connectivity index (χ1n) is 18.3. The summed E-state index contributed by atoms with van der Waals surface area (Å²) in [6.07, 6.45) is 8.28. The van der Waals surface area contributed by atoms with Gasteiger partial charge in [-0.25, -0.2) is 26.3 Å². The zero-order valence-corrected chi connectivity index (χ0v) is 30.7. The van der Waals surface area contributed by atoms with Crippen LogP contribution < -0.4 is 9.44 Å². The molecule has 0 spiro atoms. The van der Waals surface area contributed by atoms with Gasteiger partial charge in [-0.1, -0.05) is 24.3 Å². The Hall–Kier alpha value is -3.54. The van der Waals surface area contributed by atoms with Gasteiger partial charge in [0, 0.05) is 37.3 Å². The topological polar surface area (TPSA) is 174 Å². The lowest BCUT2D eigenvalue weighted by atomic mass is 10.1. The van der Waals surface area contributed by atoms with Gasteiger partial charge in [-0.05, 0) is 102 Å². The van der Waals surface area contributed by atoms with Crippen LogP contribution in [-0.2, 0) is 20.0 Å². The number of amides is 4. The van der Waals surface area contributed by atoms with Crippen molar-refractivity contribution in [2.45, 2.75) is 75.5 Å². The first-order chi connectivity index (χ1) is 24.9. The van der Waals surface area contributed by atoms with Crippen molar-refractivity contribution in [1.82, 2.24) is 29.0 Å². The lowest BCUT2D eigenvalue weighted by molar-refractivity contribution is 0.0648. The van der Waals surface area contributed by atoms with Crippen molar-refractivity contribution in [2.24, 2.45) is 0 Å². The summed E-state index contributed by atoms with van der Waals surface area (Å²) in [4.78, 5) is 56.1. The van der Waals surface area contributed by atoms with Gasteiger partial charge in [-0.15, -0.1) is 0 Å². The second-order valence-corrected chi connectivity index (χ2v) is 18.3. The number of sulfonamides is 2.